The summed E-state index contributed by atoms with van der Waals surface area (Å²) in [4.78, 5) is 2.32. The Kier molecular flexibility index (Phi) is 5.12. The van der Waals surface area contributed by atoms with Crippen LogP contribution in [0.1, 0.15) is 26.0 Å². The van der Waals surface area contributed by atoms with Crippen molar-refractivity contribution in [3.63, 3.8) is 0 Å². The van der Waals surface area contributed by atoms with Gasteiger partial charge in [0, 0.05) is 32.2 Å². The first-order chi connectivity index (χ1) is 9.48. The van der Waals surface area contributed by atoms with Crippen molar-refractivity contribution < 1.29 is 12.8 Å². The van der Waals surface area contributed by atoms with Crippen LogP contribution in [-0.2, 0) is 15.9 Å². The van der Waals surface area contributed by atoms with E-state index in [-0.39, 0.29) is 11.0 Å². The van der Waals surface area contributed by atoms with Crippen LogP contribution in [0.3, 0.4) is 0 Å². The number of rotatable bonds is 5. The zero-order valence-electron chi connectivity index (χ0n) is 11.9. The fraction of sp³-hybridized carbons (Fsp3) is 0.692. The van der Waals surface area contributed by atoms with Crippen LogP contribution in [0.2, 0.25) is 0 Å². The second-order valence-corrected chi connectivity index (χ2v) is 7.19. The summed E-state index contributed by atoms with van der Waals surface area (Å²) in [6.07, 6.45) is 1.07. The molecule has 1 aromatic rings. The molecule has 0 bridgehead atoms. The molecule has 0 aliphatic carbocycles. The molecule has 0 N–H and O–H groups in total. The van der Waals surface area contributed by atoms with E-state index in [1.807, 2.05) is 0 Å². The largest absolute Gasteiger partial charge is 0.447 e. The van der Waals surface area contributed by atoms with Crippen LogP contribution in [-0.4, -0.2) is 49.8 Å². The van der Waals surface area contributed by atoms with Crippen LogP contribution >= 0.6 is 11.6 Å². The molecular formula is C13H21ClN2O3S. The Hall–Kier alpha value is -0.560. The first-order valence-electron chi connectivity index (χ1n) is 6.88. The van der Waals surface area contributed by atoms with Gasteiger partial charge in [-0.15, -0.1) is 11.6 Å². The monoisotopic (exact) mass is 320 g/mol. The molecule has 1 aliphatic rings. The van der Waals surface area contributed by atoms with E-state index in [0.29, 0.717) is 24.9 Å². The minimum absolute atomic E-state index is 0.00913. The molecule has 5 nitrogen and oxygen atoms in total. The normalized spacial score (nSPS) is 20.1. The smallest absolute Gasteiger partial charge is 0.276 e. The fourth-order valence-corrected chi connectivity index (χ4v) is 3.83. The molecule has 114 valence electrons. The zero-order valence-corrected chi connectivity index (χ0v) is 13.5. The van der Waals surface area contributed by atoms with Crippen LogP contribution in [0.25, 0.3) is 0 Å². The highest BCUT2D eigenvalue weighted by Gasteiger charge is 2.31. The van der Waals surface area contributed by atoms with Gasteiger partial charge in [0.15, 0.2) is 0 Å². The third-order valence-electron chi connectivity index (χ3n) is 3.85. The van der Waals surface area contributed by atoms with E-state index in [9.17, 15) is 8.42 Å². The molecule has 1 aliphatic heterocycles. The predicted molar refractivity (Wildman–Crippen MR) is 78.3 cm³/mol. The molecule has 2 rings (SSSR count). The Balaban J connectivity index is 2.05. The maximum absolute atomic E-state index is 12.4. The number of hydrogen-bond acceptors (Lipinski definition) is 4. The molecule has 1 aromatic heterocycles. The third kappa shape index (κ3) is 3.19. The standard InChI is InChI=1S/C13H21ClN2O3S/c1-3-11(2)15-6-8-16(9-7-15)20(17,18)13-5-4-12(10-14)19-13/h4-5,11H,3,6-10H2,1-2H3. The van der Waals surface area contributed by atoms with Gasteiger partial charge < -0.3 is 4.42 Å². The molecule has 0 amide bonds. The van der Waals surface area contributed by atoms with E-state index < -0.39 is 10.0 Å². The van der Waals surface area contributed by atoms with Gasteiger partial charge in [-0.3, -0.25) is 4.90 Å². The van der Waals surface area contributed by atoms with Crippen LogP contribution in [0, 0.1) is 0 Å². The van der Waals surface area contributed by atoms with Gasteiger partial charge in [-0.1, -0.05) is 6.92 Å². The lowest BCUT2D eigenvalue weighted by Gasteiger charge is -2.36. The molecule has 20 heavy (non-hydrogen) atoms. The lowest BCUT2D eigenvalue weighted by atomic mass is 10.2. The second kappa shape index (κ2) is 6.47. The third-order valence-corrected chi connectivity index (χ3v) is 5.89. The van der Waals surface area contributed by atoms with E-state index >= 15 is 0 Å². The summed E-state index contributed by atoms with van der Waals surface area (Å²) in [6.45, 7) is 6.84. The molecule has 0 aromatic carbocycles. The summed E-state index contributed by atoms with van der Waals surface area (Å²) in [6, 6.07) is 3.58. The SMILES string of the molecule is CCC(C)N1CCN(S(=O)(=O)c2ccc(CCl)o2)CC1. The predicted octanol–water partition coefficient (Wildman–Crippen LogP) is 2.12. The van der Waals surface area contributed by atoms with Gasteiger partial charge in [0.2, 0.25) is 5.09 Å². The minimum atomic E-state index is -3.53. The maximum Gasteiger partial charge on any atom is 0.276 e. The Labute approximate surface area is 125 Å². The van der Waals surface area contributed by atoms with Crippen molar-refractivity contribution in [3.05, 3.63) is 17.9 Å². The average Bonchev–Trinajstić information content (AvgIpc) is 2.96. The molecule has 1 saturated heterocycles. The molecule has 0 radical (unpaired) electrons. The van der Waals surface area contributed by atoms with Crippen molar-refractivity contribution in [2.75, 3.05) is 26.2 Å². The lowest BCUT2D eigenvalue weighted by Crippen LogP contribution is -2.51. The lowest BCUT2D eigenvalue weighted by molar-refractivity contribution is 0.141. The first kappa shape index (κ1) is 15.8. The Bertz CT molecular complexity index is 536. The van der Waals surface area contributed by atoms with Crippen molar-refractivity contribution in [1.29, 1.82) is 0 Å². The highest BCUT2D eigenvalue weighted by molar-refractivity contribution is 7.89. The summed E-state index contributed by atoms with van der Waals surface area (Å²) in [7, 11) is -3.53. The van der Waals surface area contributed by atoms with Crippen molar-refractivity contribution in [2.45, 2.75) is 37.3 Å². The van der Waals surface area contributed by atoms with E-state index in [2.05, 4.69) is 18.7 Å². The first-order valence-corrected chi connectivity index (χ1v) is 8.85. The summed E-state index contributed by atoms with van der Waals surface area (Å²) in [5.41, 5.74) is 0. The highest BCUT2D eigenvalue weighted by Crippen LogP contribution is 2.21. The number of sulfonamides is 1. The van der Waals surface area contributed by atoms with E-state index in [0.717, 1.165) is 19.5 Å². The number of furan rings is 1. The quantitative estimate of drug-likeness (QED) is 0.780. The van der Waals surface area contributed by atoms with Crippen molar-refractivity contribution in [2.24, 2.45) is 0 Å². The van der Waals surface area contributed by atoms with Gasteiger partial charge in [-0.05, 0) is 25.5 Å². The van der Waals surface area contributed by atoms with Crippen LogP contribution < -0.4 is 0 Å². The molecule has 2 heterocycles. The van der Waals surface area contributed by atoms with Crippen LogP contribution in [0.4, 0.5) is 0 Å². The summed E-state index contributed by atoms with van der Waals surface area (Å²) < 4.78 is 31.6. The Morgan fingerprint density at radius 3 is 2.45 bits per heavy atom. The minimum Gasteiger partial charge on any atom is -0.447 e. The van der Waals surface area contributed by atoms with Gasteiger partial charge in [-0.2, -0.15) is 4.31 Å². The number of nitrogens with zero attached hydrogens (tertiary/aromatic N) is 2. The molecule has 0 spiro atoms. The Morgan fingerprint density at radius 1 is 1.30 bits per heavy atom. The molecule has 0 saturated carbocycles. The van der Waals surface area contributed by atoms with E-state index in [4.69, 9.17) is 16.0 Å². The molecule has 7 heteroatoms. The van der Waals surface area contributed by atoms with Crippen molar-refractivity contribution >= 4 is 21.6 Å². The zero-order chi connectivity index (χ0) is 14.8. The second-order valence-electron chi connectivity index (χ2n) is 5.05. The molecular weight excluding hydrogens is 300 g/mol. The van der Waals surface area contributed by atoms with E-state index in [1.165, 1.54) is 10.4 Å². The molecule has 1 fully saturated rings. The summed E-state index contributed by atoms with van der Waals surface area (Å²) in [5, 5.41) is -0.00913. The van der Waals surface area contributed by atoms with Crippen molar-refractivity contribution in [1.82, 2.24) is 9.21 Å². The molecule has 1 unspecified atom stereocenters. The topological polar surface area (TPSA) is 53.8 Å². The average molecular weight is 321 g/mol. The van der Waals surface area contributed by atoms with Crippen LogP contribution in [0.5, 0.6) is 0 Å². The summed E-state index contributed by atoms with van der Waals surface area (Å²) in [5.74, 6) is 0.653. The Morgan fingerprint density at radius 2 is 1.95 bits per heavy atom. The van der Waals surface area contributed by atoms with E-state index in [1.54, 1.807) is 6.07 Å². The van der Waals surface area contributed by atoms with Gasteiger partial charge in [-0.25, -0.2) is 8.42 Å². The van der Waals surface area contributed by atoms with Gasteiger partial charge in [0.1, 0.15) is 5.76 Å². The van der Waals surface area contributed by atoms with Gasteiger partial charge in [0.05, 0.1) is 5.88 Å². The number of alkyl halides is 1. The maximum atomic E-state index is 12.4. The van der Waals surface area contributed by atoms with Crippen LogP contribution in [0.15, 0.2) is 21.6 Å². The van der Waals surface area contributed by atoms with Gasteiger partial charge >= 0.3 is 0 Å². The fourth-order valence-electron chi connectivity index (χ4n) is 2.34. The highest BCUT2D eigenvalue weighted by atomic mass is 35.5. The molecule has 1 atom stereocenters. The number of halogens is 1. The van der Waals surface area contributed by atoms with Gasteiger partial charge in [0.25, 0.3) is 10.0 Å². The van der Waals surface area contributed by atoms with Crippen molar-refractivity contribution in [3.8, 4) is 0 Å². The number of hydrogen-bond donors (Lipinski definition) is 0. The summed E-state index contributed by atoms with van der Waals surface area (Å²) >= 11 is 5.64. The number of piperazine rings is 1.